The zero-order valence-electron chi connectivity index (χ0n) is 46.3. The van der Waals surface area contributed by atoms with Crippen molar-refractivity contribution in [3.8, 4) is 0 Å². The van der Waals surface area contributed by atoms with Crippen molar-refractivity contribution in [3.63, 3.8) is 0 Å². The van der Waals surface area contributed by atoms with Crippen LogP contribution in [0.3, 0.4) is 0 Å². The Hall–Kier alpha value is -2.37. The van der Waals surface area contributed by atoms with E-state index in [9.17, 15) is 14.4 Å². The van der Waals surface area contributed by atoms with Crippen molar-refractivity contribution >= 4 is 17.9 Å². The minimum Gasteiger partial charge on any atom is -0.462 e. The first-order valence-electron chi connectivity index (χ1n) is 30.5. The Morgan fingerprint density at radius 3 is 0.812 bits per heavy atom. The molecule has 0 aromatic rings. The van der Waals surface area contributed by atoms with Gasteiger partial charge in [-0.15, -0.1) is 0 Å². The molecule has 0 aliphatic carbocycles. The van der Waals surface area contributed by atoms with Crippen LogP contribution in [0.5, 0.6) is 0 Å². The Morgan fingerprint density at radius 2 is 0.522 bits per heavy atom. The van der Waals surface area contributed by atoms with E-state index < -0.39 is 6.10 Å². The number of carbonyl (C=O) groups is 3. The van der Waals surface area contributed by atoms with E-state index >= 15 is 0 Å². The van der Waals surface area contributed by atoms with Crippen molar-refractivity contribution in [1.82, 2.24) is 0 Å². The van der Waals surface area contributed by atoms with Gasteiger partial charge in [0.15, 0.2) is 6.10 Å². The van der Waals surface area contributed by atoms with Gasteiger partial charge in [0.1, 0.15) is 13.2 Å². The minimum absolute atomic E-state index is 0.0720. The van der Waals surface area contributed by atoms with Gasteiger partial charge in [0.2, 0.25) is 0 Å². The highest BCUT2D eigenvalue weighted by Gasteiger charge is 2.19. The molecule has 0 spiro atoms. The second-order valence-electron chi connectivity index (χ2n) is 20.6. The van der Waals surface area contributed by atoms with Crippen LogP contribution >= 0.6 is 0 Å². The number of carbonyl (C=O) groups excluding carboxylic acids is 3. The van der Waals surface area contributed by atoms with E-state index in [1.807, 2.05) is 0 Å². The molecule has 0 aliphatic heterocycles. The lowest BCUT2D eigenvalue weighted by Gasteiger charge is -2.18. The molecule has 0 fully saturated rings. The Kier molecular flexibility index (Phi) is 56.2. The molecule has 0 radical (unpaired) electrons. The summed E-state index contributed by atoms with van der Waals surface area (Å²) in [6.45, 7) is 6.65. The summed E-state index contributed by atoms with van der Waals surface area (Å²) in [7, 11) is 0. The fraction of sp³-hybridized carbons (Fsp3) is 0.857. The third-order valence-electron chi connectivity index (χ3n) is 13.6. The molecule has 0 heterocycles. The number of rotatable bonds is 56. The molecule has 0 saturated carbocycles. The van der Waals surface area contributed by atoms with E-state index in [2.05, 4.69) is 57.2 Å². The molecule has 6 nitrogen and oxygen atoms in total. The van der Waals surface area contributed by atoms with Crippen molar-refractivity contribution in [1.29, 1.82) is 0 Å². The topological polar surface area (TPSA) is 78.9 Å². The SMILES string of the molecule is CCCCCCC/C=C\C/C=C\C/C=C\CCCCCCCCC(=O)OCC(COC(=O)CCCCCCCCCCC)OC(=O)CCCCCCCCCCCCCCCCCCCCCCC. The third kappa shape index (κ3) is 56.4. The first kappa shape index (κ1) is 66.6. The van der Waals surface area contributed by atoms with Crippen LogP contribution in [0.2, 0.25) is 0 Å². The number of unbranched alkanes of at least 4 members (excludes halogenated alkanes) is 39. The van der Waals surface area contributed by atoms with Gasteiger partial charge in [0.05, 0.1) is 0 Å². The zero-order valence-corrected chi connectivity index (χ0v) is 46.3. The van der Waals surface area contributed by atoms with Crippen LogP contribution in [0, 0.1) is 0 Å². The van der Waals surface area contributed by atoms with Gasteiger partial charge in [0, 0.05) is 19.3 Å². The maximum Gasteiger partial charge on any atom is 0.306 e. The smallest absolute Gasteiger partial charge is 0.306 e. The van der Waals surface area contributed by atoms with Crippen molar-refractivity contribution in [2.45, 2.75) is 335 Å². The monoisotopic (exact) mass is 969 g/mol. The van der Waals surface area contributed by atoms with Crippen LogP contribution in [0.25, 0.3) is 0 Å². The van der Waals surface area contributed by atoms with E-state index in [0.717, 1.165) is 77.0 Å². The standard InChI is InChI=1S/C63H116O6/c1-4-7-10-13-16-19-21-23-25-27-29-31-33-35-37-39-41-44-47-50-53-56-62(65)68-59-60(58-67-61(64)55-52-49-46-43-18-15-12-9-6-3)69-63(66)57-54-51-48-45-42-40-38-36-34-32-30-28-26-24-22-20-17-14-11-8-5-2/h21,23,27,29,33,35,60H,4-20,22,24-26,28,30-32,34,36-59H2,1-3H3/b23-21-,29-27-,35-33-. The second-order valence-corrected chi connectivity index (χ2v) is 20.6. The van der Waals surface area contributed by atoms with E-state index in [4.69, 9.17) is 14.2 Å². The number of allylic oxidation sites excluding steroid dienone is 6. The summed E-state index contributed by atoms with van der Waals surface area (Å²) in [4.78, 5) is 38.1. The van der Waals surface area contributed by atoms with Gasteiger partial charge in [-0.3, -0.25) is 14.4 Å². The molecule has 0 aromatic heterocycles. The number of hydrogen-bond acceptors (Lipinski definition) is 6. The Bertz CT molecular complexity index is 1160. The summed E-state index contributed by atoms with van der Waals surface area (Å²) < 4.78 is 16.9. The van der Waals surface area contributed by atoms with Crippen molar-refractivity contribution in [2.75, 3.05) is 13.2 Å². The predicted octanol–water partition coefficient (Wildman–Crippen LogP) is 20.4. The fourth-order valence-corrected chi connectivity index (χ4v) is 9.04. The van der Waals surface area contributed by atoms with E-state index in [1.165, 1.54) is 212 Å². The lowest BCUT2D eigenvalue weighted by molar-refractivity contribution is -0.167. The van der Waals surface area contributed by atoms with Crippen molar-refractivity contribution < 1.29 is 28.6 Å². The van der Waals surface area contributed by atoms with Crippen LogP contribution in [-0.4, -0.2) is 37.2 Å². The first-order chi connectivity index (χ1) is 34.0. The number of hydrogen-bond donors (Lipinski definition) is 0. The average molecular weight is 970 g/mol. The van der Waals surface area contributed by atoms with Gasteiger partial charge in [-0.2, -0.15) is 0 Å². The quantitative estimate of drug-likeness (QED) is 0.0261. The van der Waals surface area contributed by atoms with Crippen molar-refractivity contribution in [2.24, 2.45) is 0 Å². The molecule has 0 saturated heterocycles. The van der Waals surface area contributed by atoms with Crippen LogP contribution < -0.4 is 0 Å². The Balaban J connectivity index is 4.23. The highest BCUT2D eigenvalue weighted by Crippen LogP contribution is 2.17. The van der Waals surface area contributed by atoms with Gasteiger partial charge in [-0.25, -0.2) is 0 Å². The third-order valence-corrected chi connectivity index (χ3v) is 13.6. The zero-order chi connectivity index (χ0) is 50.0. The van der Waals surface area contributed by atoms with E-state index in [1.54, 1.807) is 0 Å². The molecule has 6 heteroatoms. The van der Waals surface area contributed by atoms with Crippen LogP contribution in [0.1, 0.15) is 329 Å². The maximum absolute atomic E-state index is 12.9. The lowest BCUT2D eigenvalue weighted by Crippen LogP contribution is -2.30. The molecule has 0 rings (SSSR count). The highest BCUT2D eigenvalue weighted by molar-refractivity contribution is 5.71. The van der Waals surface area contributed by atoms with Gasteiger partial charge in [0.25, 0.3) is 0 Å². The van der Waals surface area contributed by atoms with Gasteiger partial charge in [-0.1, -0.05) is 288 Å². The summed E-state index contributed by atoms with van der Waals surface area (Å²) in [5.41, 5.74) is 0. The summed E-state index contributed by atoms with van der Waals surface area (Å²) in [5, 5.41) is 0. The van der Waals surface area contributed by atoms with Crippen LogP contribution in [0.4, 0.5) is 0 Å². The molecule has 0 amide bonds. The molecular formula is C63H116O6. The fourth-order valence-electron chi connectivity index (χ4n) is 9.04. The lowest BCUT2D eigenvalue weighted by atomic mass is 10.0. The van der Waals surface area contributed by atoms with Gasteiger partial charge < -0.3 is 14.2 Å². The molecule has 0 aromatic carbocycles. The minimum atomic E-state index is -0.773. The normalized spacial score (nSPS) is 12.2. The molecule has 0 aliphatic rings. The van der Waals surface area contributed by atoms with E-state index in [0.29, 0.717) is 19.3 Å². The maximum atomic E-state index is 12.9. The van der Waals surface area contributed by atoms with Crippen LogP contribution in [0.15, 0.2) is 36.5 Å². The van der Waals surface area contributed by atoms with E-state index in [-0.39, 0.29) is 31.1 Å². The molecular weight excluding hydrogens is 853 g/mol. The number of ether oxygens (including phenoxy) is 3. The van der Waals surface area contributed by atoms with Gasteiger partial charge in [-0.05, 0) is 57.8 Å². The Morgan fingerprint density at radius 1 is 0.290 bits per heavy atom. The molecule has 404 valence electrons. The second kappa shape index (κ2) is 58.2. The van der Waals surface area contributed by atoms with Crippen LogP contribution in [-0.2, 0) is 28.6 Å². The molecule has 1 atom stereocenters. The molecule has 0 N–H and O–H groups in total. The summed E-state index contributed by atoms with van der Waals surface area (Å²) >= 11 is 0. The first-order valence-corrected chi connectivity index (χ1v) is 30.5. The summed E-state index contributed by atoms with van der Waals surface area (Å²) in [6.07, 6.45) is 70.1. The Labute approximate surface area is 429 Å². The molecule has 1 unspecified atom stereocenters. The largest absolute Gasteiger partial charge is 0.462 e. The molecule has 69 heavy (non-hydrogen) atoms. The average Bonchev–Trinajstić information content (AvgIpc) is 3.35. The summed E-state index contributed by atoms with van der Waals surface area (Å²) in [5.74, 6) is -0.868. The summed E-state index contributed by atoms with van der Waals surface area (Å²) in [6, 6.07) is 0. The van der Waals surface area contributed by atoms with Crippen molar-refractivity contribution in [3.05, 3.63) is 36.5 Å². The molecule has 0 bridgehead atoms. The van der Waals surface area contributed by atoms with Gasteiger partial charge >= 0.3 is 17.9 Å². The highest BCUT2D eigenvalue weighted by atomic mass is 16.6. The number of esters is 3. The predicted molar refractivity (Wildman–Crippen MR) is 298 cm³/mol.